The number of aromatic carboxylic acids is 1. The molecule has 0 bridgehead atoms. The largest absolute Gasteiger partial charge is 0.478 e. The average molecular weight is 342 g/mol. The number of benzene rings is 1. The molecule has 0 saturated heterocycles. The van der Waals surface area contributed by atoms with Gasteiger partial charge in [-0.05, 0) is 28.1 Å². The van der Waals surface area contributed by atoms with Crippen LogP contribution in [-0.2, 0) is 6.61 Å². The lowest BCUT2D eigenvalue weighted by Gasteiger charge is -2.07. The number of carboxylic acid groups (broad SMARTS) is 1. The van der Waals surface area contributed by atoms with Crippen molar-refractivity contribution in [1.29, 1.82) is 0 Å². The lowest BCUT2D eigenvalue weighted by atomic mass is 10.2. The molecule has 2 aromatic rings. The molecule has 0 radical (unpaired) electrons. The van der Waals surface area contributed by atoms with E-state index in [-0.39, 0.29) is 29.4 Å². The molecule has 0 atom stereocenters. The molecule has 0 fully saturated rings. The molecule has 104 valence electrons. The van der Waals surface area contributed by atoms with Crippen LogP contribution in [0.15, 0.2) is 39.4 Å². The molecule has 0 spiro atoms. The Bertz CT molecular complexity index is 666. The van der Waals surface area contributed by atoms with Crippen molar-refractivity contribution in [3.05, 3.63) is 56.4 Å². The van der Waals surface area contributed by atoms with Gasteiger partial charge in [0, 0.05) is 6.07 Å². The second-order valence-electron chi connectivity index (χ2n) is 3.70. The average Bonchev–Trinajstić information content (AvgIpc) is 2.85. The number of halogens is 1. The second kappa shape index (κ2) is 5.74. The molecule has 1 aromatic heterocycles. The number of para-hydroxylation sites is 1. The first-order valence-corrected chi connectivity index (χ1v) is 6.15. The maximum absolute atomic E-state index is 10.9. The summed E-state index contributed by atoms with van der Waals surface area (Å²) in [6, 6.07) is 5.67. The fraction of sp³-hybridized carbons (Fsp3) is 0.0833. The number of nitro benzene ring substituents is 1. The molecular weight excluding hydrogens is 334 g/mol. The van der Waals surface area contributed by atoms with Crippen molar-refractivity contribution in [2.75, 3.05) is 0 Å². The number of hydrogen-bond acceptors (Lipinski definition) is 5. The SMILES string of the molecule is O=C(O)c1ccoc1COc1c(Br)cccc1[N+](=O)[O-]. The van der Waals surface area contributed by atoms with Gasteiger partial charge in [-0.25, -0.2) is 4.79 Å². The molecule has 0 unspecified atom stereocenters. The molecule has 1 N–H and O–H groups in total. The van der Waals surface area contributed by atoms with Crippen LogP contribution in [0.2, 0.25) is 0 Å². The van der Waals surface area contributed by atoms with Crippen molar-refractivity contribution < 1.29 is 24.0 Å². The Hall–Kier alpha value is -2.35. The summed E-state index contributed by atoms with van der Waals surface area (Å²) in [6.45, 7) is -0.224. The predicted molar refractivity (Wildman–Crippen MR) is 70.8 cm³/mol. The van der Waals surface area contributed by atoms with E-state index in [2.05, 4.69) is 15.9 Å². The van der Waals surface area contributed by atoms with Gasteiger partial charge in [-0.15, -0.1) is 0 Å². The summed E-state index contributed by atoms with van der Waals surface area (Å²) in [5.41, 5.74) is -0.262. The number of carboxylic acids is 1. The van der Waals surface area contributed by atoms with Crippen LogP contribution in [0.1, 0.15) is 16.1 Å². The first-order chi connectivity index (χ1) is 9.50. The third kappa shape index (κ3) is 2.80. The normalized spacial score (nSPS) is 10.2. The summed E-state index contributed by atoms with van der Waals surface area (Å²) in [5, 5.41) is 19.8. The van der Waals surface area contributed by atoms with E-state index >= 15 is 0 Å². The fourth-order valence-corrected chi connectivity index (χ4v) is 2.03. The molecule has 1 aromatic carbocycles. The fourth-order valence-electron chi connectivity index (χ4n) is 1.56. The van der Waals surface area contributed by atoms with Gasteiger partial charge in [0.1, 0.15) is 12.2 Å². The molecule has 20 heavy (non-hydrogen) atoms. The van der Waals surface area contributed by atoms with Crippen LogP contribution in [0.25, 0.3) is 0 Å². The Morgan fingerprint density at radius 1 is 1.45 bits per heavy atom. The van der Waals surface area contributed by atoms with E-state index in [1.54, 1.807) is 6.07 Å². The van der Waals surface area contributed by atoms with E-state index in [1.807, 2.05) is 0 Å². The third-order valence-corrected chi connectivity index (χ3v) is 3.09. The van der Waals surface area contributed by atoms with E-state index in [0.29, 0.717) is 4.47 Å². The summed E-state index contributed by atoms with van der Waals surface area (Å²) in [4.78, 5) is 21.2. The van der Waals surface area contributed by atoms with E-state index in [4.69, 9.17) is 14.3 Å². The van der Waals surface area contributed by atoms with Crippen molar-refractivity contribution in [3.63, 3.8) is 0 Å². The van der Waals surface area contributed by atoms with Crippen LogP contribution in [0.4, 0.5) is 5.69 Å². The van der Waals surface area contributed by atoms with Crippen LogP contribution < -0.4 is 4.74 Å². The highest BCUT2D eigenvalue weighted by molar-refractivity contribution is 9.10. The third-order valence-electron chi connectivity index (χ3n) is 2.47. The molecular formula is C12H8BrNO6. The molecule has 1 heterocycles. The first-order valence-electron chi connectivity index (χ1n) is 5.36. The highest BCUT2D eigenvalue weighted by Crippen LogP contribution is 2.35. The molecule has 0 saturated carbocycles. The van der Waals surface area contributed by atoms with E-state index in [9.17, 15) is 14.9 Å². The Morgan fingerprint density at radius 3 is 2.85 bits per heavy atom. The molecule has 2 rings (SSSR count). The number of carbonyl (C=O) groups is 1. The van der Waals surface area contributed by atoms with Gasteiger partial charge in [0.25, 0.3) is 0 Å². The summed E-state index contributed by atoms with van der Waals surface area (Å²) in [6.07, 6.45) is 1.22. The highest BCUT2D eigenvalue weighted by Gasteiger charge is 2.20. The molecule has 7 nitrogen and oxygen atoms in total. The lowest BCUT2D eigenvalue weighted by Crippen LogP contribution is -2.04. The Balaban J connectivity index is 2.25. The van der Waals surface area contributed by atoms with Gasteiger partial charge < -0.3 is 14.3 Å². The van der Waals surface area contributed by atoms with E-state index in [0.717, 1.165) is 0 Å². The zero-order valence-electron chi connectivity index (χ0n) is 9.91. The number of rotatable bonds is 5. The number of ether oxygens (including phenoxy) is 1. The minimum atomic E-state index is -1.15. The molecule has 0 aliphatic rings. The number of furan rings is 1. The van der Waals surface area contributed by atoms with Gasteiger partial charge in [-0.1, -0.05) is 6.07 Å². The van der Waals surface area contributed by atoms with Crippen molar-refractivity contribution in [2.24, 2.45) is 0 Å². The van der Waals surface area contributed by atoms with Gasteiger partial charge in [0.15, 0.2) is 5.76 Å². The number of nitrogens with zero attached hydrogens (tertiary/aromatic N) is 1. The van der Waals surface area contributed by atoms with Crippen molar-refractivity contribution in [2.45, 2.75) is 6.61 Å². The van der Waals surface area contributed by atoms with Crippen LogP contribution in [0.5, 0.6) is 5.75 Å². The Kier molecular flexibility index (Phi) is 4.04. The van der Waals surface area contributed by atoms with Crippen LogP contribution >= 0.6 is 15.9 Å². The van der Waals surface area contributed by atoms with Crippen LogP contribution in [0, 0.1) is 10.1 Å². The van der Waals surface area contributed by atoms with Gasteiger partial charge in [0.05, 0.1) is 15.7 Å². The zero-order valence-corrected chi connectivity index (χ0v) is 11.5. The Labute approximate surface area is 121 Å². The van der Waals surface area contributed by atoms with Gasteiger partial charge in [-0.2, -0.15) is 0 Å². The summed E-state index contributed by atoms with van der Waals surface area (Å²) >= 11 is 3.15. The van der Waals surface area contributed by atoms with Crippen LogP contribution in [-0.4, -0.2) is 16.0 Å². The van der Waals surface area contributed by atoms with E-state index < -0.39 is 10.9 Å². The minimum Gasteiger partial charge on any atom is -0.478 e. The smallest absolute Gasteiger partial charge is 0.339 e. The summed E-state index contributed by atoms with van der Waals surface area (Å²) in [7, 11) is 0. The van der Waals surface area contributed by atoms with Crippen molar-refractivity contribution in [3.8, 4) is 5.75 Å². The monoisotopic (exact) mass is 341 g/mol. The quantitative estimate of drug-likeness (QED) is 0.661. The zero-order chi connectivity index (χ0) is 14.7. The minimum absolute atomic E-state index is 0.0187. The van der Waals surface area contributed by atoms with Crippen molar-refractivity contribution >= 4 is 27.6 Å². The standard InChI is InChI=1S/C12H8BrNO6/c13-8-2-1-3-9(14(17)18)11(8)20-6-10-7(12(15)16)4-5-19-10/h1-5H,6H2,(H,15,16). The molecule has 8 heteroatoms. The highest BCUT2D eigenvalue weighted by atomic mass is 79.9. The number of hydrogen-bond donors (Lipinski definition) is 1. The maximum atomic E-state index is 10.9. The van der Waals surface area contributed by atoms with Crippen LogP contribution in [0.3, 0.4) is 0 Å². The number of nitro groups is 1. The first kappa shape index (κ1) is 14.1. The molecule has 0 aliphatic carbocycles. The van der Waals surface area contributed by atoms with E-state index in [1.165, 1.54) is 24.5 Å². The van der Waals surface area contributed by atoms with Gasteiger partial charge in [-0.3, -0.25) is 10.1 Å². The predicted octanol–water partition coefficient (Wildman–Crippen LogP) is 3.23. The maximum Gasteiger partial charge on any atom is 0.339 e. The summed E-state index contributed by atoms with van der Waals surface area (Å²) in [5.74, 6) is -1.05. The lowest BCUT2D eigenvalue weighted by molar-refractivity contribution is -0.386. The molecule has 0 aliphatic heterocycles. The topological polar surface area (TPSA) is 103 Å². The molecule has 0 amide bonds. The Morgan fingerprint density at radius 2 is 2.20 bits per heavy atom. The summed E-state index contributed by atoms with van der Waals surface area (Å²) < 4.78 is 10.7. The van der Waals surface area contributed by atoms with Gasteiger partial charge >= 0.3 is 11.7 Å². The second-order valence-corrected chi connectivity index (χ2v) is 4.55. The van der Waals surface area contributed by atoms with Gasteiger partial charge in [0.2, 0.25) is 5.75 Å². The van der Waals surface area contributed by atoms with Crippen molar-refractivity contribution in [1.82, 2.24) is 0 Å².